The number of morpholine rings is 1. The van der Waals surface area contributed by atoms with Crippen LogP contribution in [0.5, 0.6) is 0 Å². The molecule has 51 heavy (non-hydrogen) atoms. The van der Waals surface area contributed by atoms with E-state index in [0.717, 1.165) is 6.92 Å². The van der Waals surface area contributed by atoms with Crippen molar-refractivity contribution < 1.29 is 47.7 Å². The van der Waals surface area contributed by atoms with E-state index in [9.17, 15) is 34.0 Å². The van der Waals surface area contributed by atoms with Gasteiger partial charge in [0.1, 0.15) is 11.2 Å². The molecule has 0 spiro atoms. The molecule has 15 heteroatoms. The Morgan fingerprint density at radius 2 is 1.63 bits per heavy atom. The Balaban J connectivity index is 1.90. The molecule has 0 aromatic heterocycles. The molecule has 0 radical (unpaired) electrons. The van der Waals surface area contributed by atoms with E-state index >= 15 is 0 Å². The SMILES string of the molecule is CC(=O)O[C@@H](C(=O)Nc1ccc(C#N)c(CN(C(=O)OC(C)(C)C)C(=O)OC(C)(C)C)c1)[C@H]1OCCN(c2cccc(CC(=O)N(C)C)c2)C1=O. The molecule has 2 aromatic carbocycles. The van der Waals surface area contributed by atoms with E-state index in [1.807, 2.05) is 6.07 Å². The number of benzene rings is 2. The Bertz CT molecular complexity index is 1670. The summed E-state index contributed by atoms with van der Waals surface area (Å²) in [4.78, 5) is 81.6. The molecular formula is C36H45N5O10. The Kier molecular flexibility index (Phi) is 12.9. The van der Waals surface area contributed by atoms with Crippen LogP contribution in [0.3, 0.4) is 0 Å². The normalized spacial score (nSPS) is 15.2. The van der Waals surface area contributed by atoms with Crippen LogP contribution >= 0.6 is 0 Å². The zero-order valence-electron chi connectivity index (χ0n) is 30.4. The summed E-state index contributed by atoms with van der Waals surface area (Å²) in [6.45, 7) is 10.5. The van der Waals surface area contributed by atoms with Crippen molar-refractivity contribution in [2.45, 2.75) is 84.8 Å². The van der Waals surface area contributed by atoms with Crippen LogP contribution in [-0.2, 0) is 51.1 Å². The standard InChI is InChI=1S/C36H45N5O10/c1-22(42)49-29(30-32(45)40(15-16-48-30)27-12-10-11-23(17-27)18-28(43)39(8)9)31(44)38-26-14-13-24(20-37)25(19-26)21-41(33(46)50-35(2,3)4)34(47)51-36(5,6)7/h10-14,17,19,29-30H,15-16,18,21H2,1-9H3,(H,38,44)/t29-,30-/m1/s1. The van der Waals surface area contributed by atoms with E-state index in [4.69, 9.17) is 18.9 Å². The molecule has 1 heterocycles. The van der Waals surface area contributed by atoms with Gasteiger partial charge in [-0.3, -0.25) is 19.2 Å². The quantitative estimate of drug-likeness (QED) is 0.292. The number of likely N-dealkylation sites (N-methyl/N-ethyl adjacent to an activating group) is 1. The fourth-order valence-corrected chi connectivity index (χ4v) is 4.81. The van der Waals surface area contributed by atoms with Crippen molar-refractivity contribution >= 4 is 47.3 Å². The molecule has 0 bridgehead atoms. The molecule has 0 unspecified atom stereocenters. The van der Waals surface area contributed by atoms with Gasteiger partial charge in [0, 0.05) is 38.9 Å². The van der Waals surface area contributed by atoms with E-state index in [1.165, 1.54) is 28.0 Å². The van der Waals surface area contributed by atoms with Gasteiger partial charge in [-0.15, -0.1) is 0 Å². The lowest BCUT2D eigenvalue weighted by atomic mass is 10.1. The van der Waals surface area contributed by atoms with Crippen LogP contribution in [0.2, 0.25) is 0 Å². The first-order valence-electron chi connectivity index (χ1n) is 16.2. The molecule has 1 aliphatic rings. The maximum Gasteiger partial charge on any atom is 0.420 e. The smallest absolute Gasteiger partial charge is 0.420 e. The van der Waals surface area contributed by atoms with E-state index in [0.29, 0.717) is 16.2 Å². The number of anilines is 2. The first-order valence-corrected chi connectivity index (χ1v) is 16.2. The van der Waals surface area contributed by atoms with Crippen molar-refractivity contribution in [1.82, 2.24) is 9.80 Å². The summed E-state index contributed by atoms with van der Waals surface area (Å²) < 4.78 is 21.8. The average molecular weight is 708 g/mol. The molecule has 0 aliphatic carbocycles. The van der Waals surface area contributed by atoms with Crippen LogP contribution in [0.15, 0.2) is 42.5 Å². The number of hydrogen-bond acceptors (Lipinski definition) is 11. The van der Waals surface area contributed by atoms with E-state index < -0.39 is 59.9 Å². The number of hydrogen-bond donors (Lipinski definition) is 1. The molecule has 2 aromatic rings. The van der Waals surface area contributed by atoms with Gasteiger partial charge in [0.15, 0.2) is 6.10 Å². The lowest BCUT2D eigenvalue weighted by molar-refractivity contribution is -0.167. The molecule has 15 nitrogen and oxygen atoms in total. The third-order valence-corrected chi connectivity index (χ3v) is 7.07. The van der Waals surface area contributed by atoms with Gasteiger partial charge in [-0.05, 0) is 83.0 Å². The van der Waals surface area contributed by atoms with E-state index in [2.05, 4.69) is 5.32 Å². The summed E-state index contributed by atoms with van der Waals surface area (Å²) in [5, 5.41) is 12.4. The molecule has 3 rings (SSSR count). The van der Waals surface area contributed by atoms with Gasteiger partial charge in [0.05, 0.1) is 31.2 Å². The summed E-state index contributed by atoms with van der Waals surface area (Å²) in [6.07, 6.45) is -5.17. The number of amides is 5. The third-order valence-electron chi connectivity index (χ3n) is 7.07. The predicted octanol–water partition coefficient (Wildman–Crippen LogP) is 4.16. The van der Waals surface area contributed by atoms with Crippen LogP contribution in [-0.4, -0.2) is 96.3 Å². The van der Waals surface area contributed by atoms with Gasteiger partial charge in [-0.25, -0.2) is 14.5 Å². The molecular weight excluding hydrogens is 662 g/mol. The zero-order valence-corrected chi connectivity index (χ0v) is 30.4. The Morgan fingerprint density at radius 1 is 1.00 bits per heavy atom. The minimum Gasteiger partial charge on any atom is -0.449 e. The number of imide groups is 1. The maximum absolute atomic E-state index is 13.8. The van der Waals surface area contributed by atoms with Gasteiger partial charge in [0.2, 0.25) is 12.0 Å². The lowest BCUT2D eigenvalue weighted by Gasteiger charge is -2.35. The predicted molar refractivity (Wildman–Crippen MR) is 184 cm³/mol. The van der Waals surface area contributed by atoms with Crippen LogP contribution in [0.1, 0.15) is 65.2 Å². The van der Waals surface area contributed by atoms with Crippen molar-refractivity contribution in [3.8, 4) is 6.07 Å². The van der Waals surface area contributed by atoms with E-state index in [1.54, 1.807) is 79.9 Å². The number of rotatable bonds is 9. The summed E-state index contributed by atoms with van der Waals surface area (Å²) >= 11 is 0. The fraction of sp³-hybridized carbons (Fsp3) is 0.472. The highest BCUT2D eigenvalue weighted by Crippen LogP contribution is 2.25. The van der Waals surface area contributed by atoms with Crippen molar-refractivity contribution in [2.75, 3.05) is 37.5 Å². The number of nitrogens with one attached hydrogen (secondary N) is 1. The largest absolute Gasteiger partial charge is 0.449 e. The average Bonchev–Trinajstić information content (AvgIpc) is 3.01. The number of nitrogens with zero attached hydrogens (tertiary/aromatic N) is 4. The highest BCUT2D eigenvalue weighted by Gasteiger charge is 2.43. The van der Waals surface area contributed by atoms with Crippen LogP contribution in [0.25, 0.3) is 0 Å². The number of carbonyl (C=O) groups excluding carboxylic acids is 6. The van der Waals surface area contributed by atoms with Gasteiger partial charge in [0.25, 0.3) is 11.8 Å². The monoisotopic (exact) mass is 707 g/mol. The maximum atomic E-state index is 13.8. The molecule has 1 N–H and O–H groups in total. The summed E-state index contributed by atoms with van der Waals surface area (Å²) in [5.41, 5.74) is -0.450. The second kappa shape index (κ2) is 16.5. The molecule has 274 valence electrons. The van der Waals surface area contributed by atoms with Gasteiger partial charge >= 0.3 is 18.2 Å². The summed E-state index contributed by atoms with van der Waals surface area (Å²) in [6, 6.07) is 13.0. The molecule has 1 aliphatic heterocycles. The summed E-state index contributed by atoms with van der Waals surface area (Å²) in [7, 11) is 3.29. The Morgan fingerprint density at radius 3 is 2.18 bits per heavy atom. The topological polar surface area (TPSA) is 185 Å². The van der Waals surface area contributed by atoms with Gasteiger partial charge < -0.3 is 34.1 Å². The molecule has 1 fully saturated rings. The van der Waals surface area contributed by atoms with Crippen molar-refractivity contribution in [1.29, 1.82) is 5.26 Å². The second-order valence-corrected chi connectivity index (χ2v) is 14.0. The lowest BCUT2D eigenvalue weighted by Crippen LogP contribution is -2.56. The minimum atomic E-state index is -1.73. The Hall–Kier alpha value is -5.49. The van der Waals surface area contributed by atoms with E-state index in [-0.39, 0.29) is 42.3 Å². The third kappa shape index (κ3) is 11.5. The van der Waals surface area contributed by atoms with Crippen molar-refractivity contribution in [2.24, 2.45) is 0 Å². The van der Waals surface area contributed by atoms with Crippen LogP contribution < -0.4 is 10.2 Å². The number of nitriles is 1. The Labute approximate surface area is 297 Å². The molecule has 5 amide bonds. The first-order chi connectivity index (χ1) is 23.7. The highest BCUT2D eigenvalue weighted by atomic mass is 16.6. The zero-order chi connectivity index (χ0) is 38.3. The number of esters is 1. The first kappa shape index (κ1) is 39.9. The van der Waals surface area contributed by atoms with Gasteiger partial charge in [-0.2, -0.15) is 5.26 Å². The second-order valence-electron chi connectivity index (χ2n) is 14.0. The van der Waals surface area contributed by atoms with Crippen LogP contribution in [0, 0.1) is 11.3 Å². The van der Waals surface area contributed by atoms with Crippen molar-refractivity contribution in [3.05, 3.63) is 59.2 Å². The van der Waals surface area contributed by atoms with Gasteiger partial charge in [-0.1, -0.05) is 12.1 Å². The molecule has 0 saturated carbocycles. The summed E-state index contributed by atoms with van der Waals surface area (Å²) in [5.74, 6) is -2.54. The molecule has 2 atom stereocenters. The fourth-order valence-electron chi connectivity index (χ4n) is 4.81. The molecule has 1 saturated heterocycles. The van der Waals surface area contributed by atoms with Crippen LogP contribution in [0.4, 0.5) is 21.0 Å². The number of carbonyl (C=O) groups is 6. The minimum absolute atomic E-state index is 0.00842. The highest BCUT2D eigenvalue weighted by molar-refractivity contribution is 6.04. The van der Waals surface area contributed by atoms with Crippen molar-refractivity contribution in [3.63, 3.8) is 0 Å². The number of ether oxygens (including phenoxy) is 4.